The molecule has 0 heterocycles. The van der Waals surface area contributed by atoms with Gasteiger partial charge in [0.2, 0.25) is 0 Å². The van der Waals surface area contributed by atoms with Crippen molar-refractivity contribution in [1.29, 1.82) is 0 Å². The molecule has 10 heteroatoms. The van der Waals surface area contributed by atoms with Crippen LogP contribution >= 0.6 is 24.0 Å². The van der Waals surface area contributed by atoms with E-state index >= 15 is 0 Å². The molecule has 0 aliphatic rings. The van der Waals surface area contributed by atoms with Gasteiger partial charge in [0.15, 0.2) is 15.8 Å². The molecular formula is C19H25IN4O4S. The minimum atomic E-state index is -3.18. The highest BCUT2D eigenvalue weighted by atomic mass is 127. The Morgan fingerprint density at radius 2 is 1.62 bits per heavy atom. The minimum absolute atomic E-state index is 0. The Morgan fingerprint density at radius 1 is 1.03 bits per heavy atom. The van der Waals surface area contributed by atoms with Gasteiger partial charge in [0.25, 0.3) is 5.69 Å². The first-order valence-corrected chi connectivity index (χ1v) is 10.7. The van der Waals surface area contributed by atoms with Gasteiger partial charge >= 0.3 is 0 Å². The van der Waals surface area contributed by atoms with E-state index in [0.29, 0.717) is 36.9 Å². The highest BCUT2D eigenvalue weighted by Gasteiger charge is 2.06. The lowest BCUT2D eigenvalue weighted by atomic mass is 10.1. The summed E-state index contributed by atoms with van der Waals surface area (Å²) in [6.07, 6.45) is 1.90. The molecule has 0 fully saturated rings. The molecule has 0 radical (unpaired) electrons. The van der Waals surface area contributed by atoms with Crippen molar-refractivity contribution in [2.45, 2.75) is 24.8 Å². The molecule has 0 aliphatic heterocycles. The Hall–Kier alpha value is -2.21. The van der Waals surface area contributed by atoms with Gasteiger partial charge in [0, 0.05) is 31.5 Å². The number of nitrogens with one attached hydrogen (secondary N) is 2. The lowest BCUT2D eigenvalue weighted by Gasteiger charge is -2.11. The number of rotatable bonds is 8. The van der Waals surface area contributed by atoms with Crippen LogP contribution < -0.4 is 10.6 Å². The molecule has 0 saturated carbocycles. The molecule has 158 valence electrons. The van der Waals surface area contributed by atoms with Crippen LogP contribution in [0.1, 0.15) is 18.1 Å². The van der Waals surface area contributed by atoms with Crippen molar-refractivity contribution in [2.75, 3.05) is 19.3 Å². The van der Waals surface area contributed by atoms with Gasteiger partial charge in [0.05, 0.1) is 16.4 Å². The fourth-order valence-electron chi connectivity index (χ4n) is 2.46. The van der Waals surface area contributed by atoms with Gasteiger partial charge in [-0.15, -0.1) is 24.0 Å². The van der Waals surface area contributed by atoms with E-state index in [1.807, 2.05) is 6.92 Å². The van der Waals surface area contributed by atoms with E-state index in [0.717, 1.165) is 11.1 Å². The fourth-order valence-corrected chi connectivity index (χ4v) is 3.09. The van der Waals surface area contributed by atoms with E-state index in [1.54, 1.807) is 36.4 Å². The second-order valence-electron chi connectivity index (χ2n) is 6.21. The molecule has 0 atom stereocenters. The second kappa shape index (κ2) is 11.7. The Labute approximate surface area is 187 Å². The molecule has 0 spiro atoms. The number of non-ortho nitro benzene ring substituents is 1. The van der Waals surface area contributed by atoms with Crippen LogP contribution in [0.3, 0.4) is 0 Å². The molecular weight excluding hydrogens is 507 g/mol. The zero-order valence-corrected chi connectivity index (χ0v) is 19.4. The molecule has 0 aliphatic carbocycles. The Bertz CT molecular complexity index is 930. The molecule has 0 unspecified atom stereocenters. The Kier molecular flexibility index (Phi) is 10.0. The van der Waals surface area contributed by atoms with Crippen molar-refractivity contribution in [1.82, 2.24) is 10.6 Å². The summed E-state index contributed by atoms with van der Waals surface area (Å²) in [6.45, 7) is 3.70. The minimum Gasteiger partial charge on any atom is -0.357 e. The number of sulfone groups is 1. The van der Waals surface area contributed by atoms with Crippen LogP contribution in [0.2, 0.25) is 0 Å². The summed E-state index contributed by atoms with van der Waals surface area (Å²) in [6, 6.07) is 13.1. The van der Waals surface area contributed by atoms with Crippen LogP contribution in [0, 0.1) is 10.1 Å². The molecule has 8 nitrogen and oxygen atoms in total. The Balaban J connectivity index is 0.00000420. The number of nitrogens with zero attached hydrogens (tertiary/aromatic N) is 2. The van der Waals surface area contributed by atoms with Crippen molar-refractivity contribution in [3.63, 3.8) is 0 Å². The topological polar surface area (TPSA) is 114 Å². The van der Waals surface area contributed by atoms with Crippen molar-refractivity contribution in [2.24, 2.45) is 4.99 Å². The molecule has 0 bridgehead atoms. The van der Waals surface area contributed by atoms with Crippen LogP contribution in [-0.4, -0.2) is 38.6 Å². The van der Waals surface area contributed by atoms with Crippen LogP contribution in [0.5, 0.6) is 0 Å². The lowest BCUT2D eigenvalue weighted by molar-refractivity contribution is -0.384. The van der Waals surface area contributed by atoms with Crippen LogP contribution in [0.25, 0.3) is 0 Å². The third-order valence-corrected chi connectivity index (χ3v) is 5.10. The smallest absolute Gasteiger partial charge is 0.269 e. The SMILES string of the molecule is CCNC(=NCc1ccc([N+](=O)[O-])cc1)NCCc1ccc(S(C)(=O)=O)cc1.I. The highest BCUT2D eigenvalue weighted by molar-refractivity contribution is 14.0. The van der Waals surface area contributed by atoms with Gasteiger partial charge in [-0.05, 0) is 36.6 Å². The molecule has 0 saturated heterocycles. The molecule has 2 aromatic carbocycles. The average Bonchev–Trinajstić information content (AvgIpc) is 2.66. The van der Waals surface area contributed by atoms with Gasteiger partial charge in [-0.3, -0.25) is 10.1 Å². The summed E-state index contributed by atoms with van der Waals surface area (Å²) >= 11 is 0. The first-order chi connectivity index (χ1) is 13.3. The monoisotopic (exact) mass is 532 g/mol. The quantitative estimate of drug-likeness (QED) is 0.178. The number of hydrogen-bond acceptors (Lipinski definition) is 5. The first-order valence-electron chi connectivity index (χ1n) is 8.84. The molecule has 0 amide bonds. The number of guanidine groups is 1. The normalized spacial score (nSPS) is 11.4. The summed E-state index contributed by atoms with van der Waals surface area (Å²) < 4.78 is 23.0. The van der Waals surface area contributed by atoms with Gasteiger partial charge in [-0.1, -0.05) is 24.3 Å². The highest BCUT2D eigenvalue weighted by Crippen LogP contribution is 2.12. The van der Waals surface area contributed by atoms with Gasteiger partial charge in [-0.2, -0.15) is 0 Å². The van der Waals surface area contributed by atoms with Crippen LogP contribution in [-0.2, 0) is 22.8 Å². The number of nitro groups is 1. The largest absolute Gasteiger partial charge is 0.357 e. The average molecular weight is 532 g/mol. The number of nitro benzene ring substituents is 1. The third kappa shape index (κ3) is 8.36. The van der Waals surface area contributed by atoms with Gasteiger partial charge in [-0.25, -0.2) is 13.4 Å². The van der Waals surface area contributed by atoms with Gasteiger partial charge < -0.3 is 10.6 Å². The van der Waals surface area contributed by atoms with E-state index in [1.165, 1.54) is 18.4 Å². The molecule has 2 aromatic rings. The Morgan fingerprint density at radius 3 is 2.14 bits per heavy atom. The number of halogens is 1. The fraction of sp³-hybridized carbons (Fsp3) is 0.316. The van der Waals surface area contributed by atoms with E-state index in [4.69, 9.17) is 0 Å². The number of hydrogen-bond donors (Lipinski definition) is 2. The number of benzene rings is 2. The summed E-state index contributed by atoms with van der Waals surface area (Å²) in [5.74, 6) is 0.647. The van der Waals surface area contributed by atoms with Gasteiger partial charge in [0.1, 0.15) is 0 Å². The number of aliphatic imine (C=N–C) groups is 1. The van der Waals surface area contributed by atoms with E-state index in [-0.39, 0.29) is 29.7 Å². The third-order valence-electron chi connectivity index (χ3n) is 3.97. The van der Waals surface area contributed by atoms with Crippen molar-refractivity contribution in [3.8, 4) is 0 Å². The molecule has 29 heavy (non-hydrogen) atoms. The molecule has 2 rings (SSSR count). The predicted molar refractivity (Wildman–Crippen MR) is 125 cm³/mol. The maximum absolute atomic E-state index is 11.5. The van der Waals surface area contributed by atoms with Crippen LogP contribution in [0.15, 0.2) is 58.4 Å². The van der Waals surface area contributed by atoms with Crippen LogP contribution in [0.4, 0.5) is 5.69 Å². The first kappa shape index (κ1) is 24.8. The maximum Gasteiger partial charge on any atom is 0.269 e. The van der Waals surface area contributed by atoms with Crippen molar-refractivity contribution >= 4 is 45.5 Å². The van der Waals surface area contributed by atoms with E-state index in [2.05, 4.69) is 15.6 Å². The van der Waals surface area contributed by atoms with E-state index < -0.39 is 14.8 Å². The standard InChI is InChI=1S/C19H24N4O4S.HI/c1-3-20-19(22-14-16-4-8-17(9-5-16)23(24)25)21-13-12-15-6-10-18(11-7-15)28(2,26)27;/h4-11H,3,12-14H2,1-2H3,(H2,20,21,22);1H. The van der Waals surface area contributed by atoms with Crippen molar-refractivity contribution in [3.05, 3.63) is 69.8 Å². The lowest BCUT2D eigenvalue weighted by Crippen LogP contribution is -2.38. The van der Waals surface area contributed by atoms with E-state index in [9.17, 15) is 18.5 Å². The predicted octanol–water partition coefficient (Wildman–Crippen LogP) is 2.91. The zero-order chi connectivity index (χ0) is 20.6. The van der Waals surface area contributed by atoms with Crippen molar-refractivity contribution < 1.29 is 13.3 Å². The second-order valence-corrected chi connectivity index (χ2v) is 8.23. The summed E-state index contributed by atoms with van der Waals surface area (Å²) in [7, 11) is -3.18. The summed E-state index contributed by atoms with van der Waals surface area (Å²) in [4.78, 5) is 15.1. The zero-order valence-electron chi connectivity index (χ0n) is 16.3. The molecule has 2 N–H and O–H groups in total. The summed E-state index contributed by atoms with van der Waals surface area (Å²) in [5, 5.41) is 17.1. The molecule has 0 aromatic heterocycles. The maximum atomic E-state index is 11.5. The summed E-state index contributed by atoms with van der Waals surface area (Å²) in [5.41, 5.74) is 1.95.